The van der Waals surface area contributed by atoms with E-state index in [-0.39, 0.29) is 61.2 Å². The fourth-order valence-electron chi connectivity index (χ4n) is 8.31. The number of fused-ring (bicyclic) bond motifs is 1. The van der Waals surface area contributed by atoms with Crippen LogP contribution in [0.2, 0.25) is 0 Å². The van der Waals surface area contributed by atoms with Crippen molar-refractivity contribution < 1.29 is 29.4 Å². The molecule has 328 valence electrons. The number of carbonyl (C=O) groups excluding carboxylic acids is 4. The number of aliphatic hydroxyl groups excluding tert-OH is 1. The molecule has 3 atom stereocenters. The third kappa shape index (κ3) is 10.7. The number of likely N-dealkylation sites (tertiary alicyclic amines) is 2. The molecule has 3 aromatic heterocycles. The molecule has 5 N–H and O–H groups in total. The zero-order chi connectivity index (χ0) is 44.0. The molecule has 2 aromatic carbocycles. The van der Waals surface area contributed by atoms with Gasteiger partial charge >= 0.3 is 0 Å². The maximum absolute atomic E-state index is 14.0. The molecule has 2 saturated heterocycles. The fourth-order valence-corrected chi connectivity index (χ4v) is 9.13. The summed E-state index contributed by atoms with van der Waals surface area (Å²) in [6.45, 7) is 9.25. The number of aliphatic hydroxyl groups is 1. The zero-order valence-electron chi connectivity index (χ0n) is 36.0. The summed E-state index contributed by atoms with van der Waals surface area (Å²) < 4.78 is 0. The maximum atomic E-state index is 14.0. The summed E-state index contributed by atoms with van der Waals surface area (Å²) in [6, 6.07) is 17.2. The Labute approximate surface area is 366 Å². The summed E-state index contributed by atoms with van der Waals surface area (Å²) in [4.78, 5) is 65.5. The number of phenols is 1. The summed E-state index contributed by atoms with van der Waals surface area (Å²) in [7, 11) is 0. The third-order valence-electron chi connectivity index (χ3n) is 12.0. The van der Waals surface area contributed by atoms with Crippen LogP contribution in [-0.4, -0.2) is 102 Å². The van der Waals surface area contributed by atoms with Gasteiger partial charge < -0.3 is 35.6 Å². The second kappa shape index (κ2) is 19.6. The number of amides is 4. The average Bonchev–Trinajstić information content (AvgIpc) is 3.96. The van der Waals surface area contributed by atoms with Crippen LogP contribution in [0.5, 0.6) is 5.75 Å². The molecule has 15 heteroatoms. The number of aromatic nitrogens is 4. The number of β-amino-alcohol motifs (C(OH)–C–C–N with tert-alkyl or cyclic N) is 1. The molecule has 7 rings (SSSR count). The first-order valence-electron chi connectivity index (χ1n) is 21.7. The maximum Gasteiger partial charge on any atom is 0.246 e. The van der Waals surface area contributed by atoms with E-state index in [0.29, 0.717) is 42.8 Å². The van der Waals surface area contributed by atoms with Gasteiger partial charge in [-0.05, 0) is 60.6 Å². The normalized spacial score (nSPS) is 17.2. The largest absolute Gasteiger partial charge is 0.507 e. The molecule has 4 amide bonds. The Morgan fingerprint density at radius 3 is 2.32 bits per heavy atom. The molecular formula is C47H58N8O6S. The van der Waals surface area contributed by atoms with Crippen molar-refractivity contribution in [3.8, 4) is 27.4 Å². The number of phenolic OH excluding ortho intramolecular Hbond substituents is 1. The van der Waals surface area contributed by atoms with Crippen LogP contribution < -0.4 is 10.6 Å². The quantitative estimate of drug-likeness (QED) is 0.0639. The van der Waals surface area contributed by atoms with Gasteiger partial charge in [0.25, 0.3) is 0 Å². The lowest BCUT2D eigenvalue weighted by Crippen LogP contribution is -2.57. The smallest absolute Gasteiger partial charge is 0.246 e. The lowest BCUT2D eigenvalue weighted by atomic mass is 9.85. The van der Waals surface area contributed by atoms with Gasteiger partial charge in [0.05, 0.1) is 27.9 Å². The van der Waals surface area contributed by atoms with Gasteiger partial charge in [-0.1, -0.05) is 82.9 Å². The zero-order valence-corrected chi connectivity index (χ0v) is 36.8. The number of benzene rings is 2. The second-order valence-electron chi connectivity index (χ2n) is 17.8. The van der Waals surface area contributed by atoms with Crippen molar-refractivity contribution in [1.82, 2.24) is 40.6 Å². The number of H-pyrrole nitrogens is 1. The van der Waals surface area contributed by atoms with Crippen molar-refractivity contribution in [3.05, 3.63) is 83.1 Å². The molecule has 62 heavy (non-hydrogen) atoms. The highest BCUT2D eigenvalue weighted by atomic mass is 32.1. The summed E-state index contributed by atoms with van der Waals surface area (Å²) in [5.74, 6) is -0.390. The standard InChI is InChI=1S/C47H58N8O6S/c1-29-42(62-28-49-29)31-19-17-30(18-20-31)24-48-45(60)38-23-34(56)27-55(38)46(61)43(47(2,3)4)51-40(58)15-9-7-5-6-8-10-16-41(59)54-25-33(26-54)36-21-32-22-37(52-53-44(32)50-36)35-13-11-12-14-39(35)57/h11-14,17-22,28,33-34,38,43,56-57H,5-10,15-16,23-27H2,1-4H3,(H,48,60)(H,50,53)(H,51,58)/t34-,38?,43?/m1/s1. The van der Waals surface area contributed by atoms with Gasteiger partial charge in [-0.25, -0.2) is 4.98 Å². The molecule has 2 aliphatic rings. The summed E-state index contributed by atoms with van der Waals surface area (Å²) in [5.41, 5.74) is 7.08. The summed E-state index contributed by atoms with van der Waals surface area (Å²) in [6.07, 6.45) is 5.30. The van der Waals surface area contributed by atoms with Crippen molar-refractivity contribution in [2.75, 3.05) is 19.6 Å². The minimum absolute atomic E-state index is 0.0256. The van der Waals surface area contributed by atoms with Crippen LogP contribution >= 0.6 is 11.3 Å². The SMILES string of the molecule is Cc1ncsc1-c1ccc(CNC(=O)C2C[C@@H](O)CN2C(=O)C(NC(=O)CCCCCCCCC(=O)N2CC(c3cc4cc(-c5ccccc5O)nnc4[nH]3)C2)C(C)(C)C)cc1. The van der Waals surface area contributed by atoms with Gasteiger partial charge in [0.1, 0.15) is 17.8 Å². The number of unbranched alkanes of at least 4 members (excludes halogenated alkanes) is 5. The van der Waals surface area contributed by atoms with E-state index in [1.807, 2.05) is 80.6 Å². The fraction of sp³-hybridized carbons (Fsp3) is 0.468. The topological polar surface area (TPSA) is 194 Å². The Morgan fingerprint density at radius 2 is 1.63 bits per heavy atom. The predicted molar refractivity (Wildman–Crippen MR) is 239 cm³/mol. The highest BCUT2D eigenvalue weighted by Gasteiger charge is 2.44. The monoisotopic (exact) mass is 862 g/mol. The van der Waals surface area contributed by atoms with Crippen LogP contribution in [0.15, 0.2) is 66.2 Å². The lowest BCUT2D eigenvalue weighted by molar-refractivity contribution is -0.144. The number of hydrogen-bond donors (Lipinski definition) is 5. The van der Waals surface area contributed by atoms with E-state index in [1.54, 1.807) is 23.5 Å². The predicted octanol–water partition coefficient (Wildman–Crippen LogP) is 6.62. The van der Waals surface area contributed by atoms with E-state index in [0.717, 1.165) is 64.9 Å². The highest BCUT2D eigenvalue weighted by molar-refractivity contribution is 7.13. The Morgan fingerprint density at radius 1 is 0.919 bits per heavy atom. The van der Waals surface area contributed by atoms with E-state index >= 15 is 0 Å². The molecule has 0 bridgehead atoms. The number of thiazole rings is 1. The lowest BCUT2D eigenvalue weighted by Gasteiger charge is -2.39. The van der Waals surface area contributed by atoms with Crippen LogP contribution in [-0.2, 0) is 25.7 Å². The summed E-state index contributed by atoms with van der Waals surface area (Å²) in [5, 5.41) is 36.2. The highest BCUT2D eigenvalue weighted by Crippen LogP contribution is 2.33. The van der Waals surface area contributed by atoms with E-state index in [4.69, 9.17) is 0 Å². The van der Waals surface area contributed by atoms with E-state index < -0.39 is 23.6 Å². The third-order valence-corrected chi connectivity index (χ3v) is 13.0. The number of aromatic amines is 1. The van der Waals surface area contributed by atoms with Crippen molar-refractivity contribution >= 4 is 46.0 Å². The molecule has 0 aliphatic carbocycles. The number of aromatic hydroxyl groups is 1. The first-order valence-corrected chi connectivity index (χ1v) is 22.6. The number of aryl methyl sites for hydroxylation is 1. The Balaban J connectivity index is 0.783. The number of nitrogens with one attached hydrogen (secondary N) is 3. The van der Waals surface area contributed by atoms with Crippen LogP contribution in [0, 0.1) is 12.3 Å². The van der Waals surface area contributed by atoms with Gasteiger partial charge in [-0.15, -0.1) is 21.5 Å². The van der Waals surface area contributed by atoms with Gasteiger partial charge in [-0.3, -0.25) is 19.2 Å². The van der Waals surface area contributed by atoms with Crippen molar-refractivity contribution in [2.45, 2.75) is 116 Å². The molecule has 14 nitrogen and oxygen atoms in total. The number of nitrogens with zero attached hydrogens (tertiary/aromatic N) is 5. The molecular weight excluding hydrogens is 805 g/mol. The second-order valence-corrected chi connectivity index (χ2v) is 18.7. The minimum atomic E-state index is -0.862. The van der Waals surface area contributed by atoms with Gasteiger partial charge in [0.15, 0.2) is 5.65 Å². The molecule has 0 spiro atoms. The Kier molecular flexibility index (Phi) is 14.0. The molecule has 0 radical (unpaired) electrons. The van der Waals surface area contributed by atoms with Gasteiger partial charge in [0, 0.05) is 68.0 Å². The van der Waals surface area contributed by atoms with E-state index in [9.17, 15) is 29.4 Å². The van der Waals surface area contributed by atoms with E-state index in [2.05, 4.69) is 36.9 Å². The van der Waals surface area contributed by atoms with Crippen molar-refractivity contribution in [2.24, 2.45) is 5.41 Å². The van der Waals surface area contributed by atoms with Gasteiger partial charge in [-0.2, -0.15) is 0 Å². The molecule has 5 heterocycles. The Hall–Kier alpha value is -5.67. The van der Waals surface area contributed by atoms with Crippen LogP contribution in [0.25, 0.3) is 32.7 Å². The van der Waals surface area contributed by atoms with Crippen LogP contribution in [0.1, 0.15) is 101 Å². The first kappa shape index (κ1) is 44.4. The minimum Gasteiger partial charge on any atom is -0.507 e. The molecule has 0 saturated carbocycles. The van der Waals surface area contributed by atoms with Crippen LogP contribution in [0.4, 0.5) is 0 Å². The molecule has 2 aliphatic heterocycles. The number of hydrogen-bond acceptors (Lipinski definition) is 10. The van der Waals surface area contributed by atoms with Crippen molar-refractivity contribution in [1.29, 1.82) is 0 Å². The molecule has 2 unspecified atom stereocenters. The molecule has 5 aromatic rings. The van der Waals surface area contributed by atoms with Gasteiger partial charge in [0.2, 0.25) is 23.6 Å². The van der Waals surface area contributed by atoms with Crippen molar-refractivity contribution in [3.63, 3.8) is 0 Å². The Bertz CT molecular complexity index is 2370. The summed E-state index contributed by atoms with van der Waals surface area (Å²) >= 11 is 1.58. The number of carbonyl (C=O) groups is 4. The number of para-hydroxylation sites is 1. The van der Waals surface area contributed by atoms with E-state index in [1.165, 1.54) is 4.90 Å². The molecule has 2 fully saturated rings. The average molecular weight is 863 g/mol. The first-order chi connectivity index (χ1) is 29.7. The number of rotatable bonds is 17. The van der Waals surface area contributed by atoms with Crippen LogP contribution in [0.3, 0.4) is 0 Å².